The molecule has 0 atom stereocenters. The molecule has 3 nitrogen and oxygen atoms in total. The Labute approximate surface area is 91.1 Å². The van der Waals surface area contributed by atoms with Gasteiger partial charge in [0.15, 0.2) is 0 Å². The molecule has 0 aliphatic rings. The van der Waals surface area contributed by atoms with E-state index in [1.807, 2.05) is 12.2 Å². The quantitative estimate of drug-likeness (QED) is 0.456. The molecular weight excluding hydrogens is 192 g/mol. The van der Waals surface area contributed by atoms with Crippen molar-refractivity contribution < 1.29 is 15.0 Å². The lowest BCUT2D eigenvalue weighted by Gasteiger charge is -1.92. The summed E-state index contributed by atoms with van der Waals surface area (Å²) in [6.07, 6.45) is 12.6. The lowest BCUT2D eigenvalue weighted by atomic mass is 10.2. The van der Waals surface area contributed by atoms with E-state index in [1.54, 1.807) is 0 Å². The van der Waals surface area contributed by atoms with Crippen LogP contribution in [0.2, 0.25) is 0 Å². The van der Waals surface area contributed by atoms with Crippen molar-refractivity contribution in [1.29, 1.82) is 0 Å². The Hall–Kier alpha value is -1.09. The van der Waals surface area contributed by atoms with Gasteiger partial charge in [-0.15, -0.1) is 0 Å². The molecule has 3 heteroatoms. The van der Waals surface area contributed by atoms with Gasteiger partial charge in [0.25, 0.3) is 0 Å². The number of carbonyl (C=O) groups is 1. The fourth-order valence-corrected chi connectivity index (χ4v) is 1.12. The molecule has 0 spiro atoms. The summed E-state index contributed by atoms with van der Waals surface area (Å²) in [6, 6.07) is 0. The van der Waals surface area contributed by atoms with Gasteiger partial charge in [-0.2, -0.15) is 0 Å². The Morgan fingerprint density at radius 1 is 1.00 bits per heavy atom. The van der Waals surface area contributed by atoms with Crippen molar-refractivity contribution in [3.05, 3.63) is 24.3 Å². The first-order valence-corrected chi connectivity index (χ1v) is 5.40. The lowest BCUT2D eigenvalue weighted by molar-refractivity contribution is -0.137. The van der Waals surface area contributed by atoms with E-state index >= 15 is 0 Å². The standard InChI is InChI=1S/C12H20O3/c13-11-9-7-5-3-1-2-4-6-8-10-12(14)15/h1-2,5,7,13H,3-4,6,8-11H2,(H,14,15)/b2-1+,7-5+. The molecule has 0 aromatic rings. The molecule has 0 aliphatic carbocycles. The number of rotatable bonds is 9. The number of hydrogen-bond donors (Lipinski definition) is 2. The first-order chi connectivity index (χ1) is 7.27. The van der Waals surface area contributed by atoms with Crippen LogP contribution in [-0.2, 0) is 4.79 Å². The van der Waals surface area contributed by atoms with Crippen LogP contribution in [0.5, 0.6) is 0 Å². The third kappa shape index (κ3) is 12.9. The largest absolute Gasteiger partial charge is 0.481 e. The number of allylic oxidation sites excluding steroid dienone is 3. The van der Waals surface area contributed by atoms with Gasteiger partial charge in [-0.25, -0.2) is 0 Å². The second-order valence-electron chi connectivity index (χ2n) is 3.33. The van der Waals surface area contributed by atoms with E-state index in [0.717, 1.165) is 25.7 Å². The Morgan fingerprint density at radius 3 is 2.27 bits per heavy atom. The van der Waals surface area contributed by atoms with Gasteiger partial charge in [0.2, 0.25) is 0 Å². The summed E-state index contributed by atoms with van der Waals surface area (Å²) < 4.78 is 0. The zero-order valence-electron chi connectivity index (χ0n) is 9.06. The van der Waals surface area contributed by atoms with Gasteiger partial charge in [0, 0.05) is 13.0 Å². The van der Waals surface area contributed by atoms with Crippen molar-refractivity contribution >= 4 is 5.97 Å². The molecule has 0 aromatic heterocycles. The summed E-state index contributed by atoms with van der Waals surface area (Å²) in [5.41, 5.74) is 0. The highest BCUT2D eigenvalue weighted by Crippen LogP contribution is 2.01. The zero-order valence-corrected chi connectivity index (χ0v) is 9.06. The van der Waals surface area contributed by atoms with Crippen LogP contribution in [0.3, 0.4) is 0 Å². The van der Waals surface area contributed by atoms with Crippen LogP contribution in [0, 0.1) is 0 Å². The monoisotopic (exact) mass is 212 g/mol. The minimum absolute atomic E-state index is 0.204. The summed E-state index contributed by atoms with van der Waals surface area (Å²) in [5, 5.41) is 16.9. The molecule has 15 heavy (non-hydrogen) atoms. The molecule has 0 bridgehead atoms. The second kappa shape index (κ2) is 11.0. The summed E-state index contributed by atoms with van der Waals surface area (Å²) in [7, 11) is 0. The van der Waals surface area contributed by atoms with Crippen molar-refractivity contribution in [2.24, 2.45) is 0 Å². The molecule has 0 saturated carbocycles. The number of carboxylic acids is 1. The van der Waals surface area contributed by atoms with Crippen LogP contribution in [0.15, 0.2) is 24.3 Å². The van der Waals surface area contributed by atoms with Crippen LogP contribution < -0.4 is 0 Å². The number of aliphatic hydroxyl groups excluding tert-OH is 1. The number of unbranched alkanes of at least 4 members (excludes halogenated alkanes) is 2. The minimum Gasteiger partial charge on any atom is -0.481 e. The highest BCUT2D eigenvalue weighted by atomic mass is 16.4. The topological polar surface area (TPSA) is 57.5 Å². The second-order valence-corrected chi connectivity index (χ2v) is 3.33. The van der Waals surface area contributed by atoms with E-state index in [2.05, 4.69) is 12.2 Å². The van der Waals surface area contributed by atoms with Crippen LogP contribution >= 0.6 is 0 Å². The number of carboxylic acid groups (broad SMARTS) is 1. The summed E-state index contributed by atoms with van der Waals surface area (Å²) in [6.45, 7) is 0.204. The first-order valence-electron chi connectivity index (χ1n) is 5.40. The van der Waals surface area contributed by atoms with E-state index < -0.39 is 5.97 Å². The molecule has 2 N–H and O–H groups in total. The SMILES string of the molecule is O=C(O)CCCC/C=C/C/C=C/CCO. The normalized spacial score (nSPS) is 11.5. The molecule has 86 valence electrons. The molecule has 0 heterocycles. The number of hydrogen-bond acceptors (Lipinski definition) is 2. The van der Waals surface area contributed by atoms with Crippen LogP contribution in [0.4, 0.5) is 0 Å². The Kier molecular flexibility index (Phi) is 10.2. The van der Waals surface area contributed by atoms with Crippen molar-refractivity contribution in [3.63, 3.8) is 0 Å². The van der Waals surface area contributed by atoms with Crippen molar-refractivity contribution in [2.75, 3.05) is 6.61 Å². The van der Waals surface area contributed by atoms with Crippen molar-refractivity contribution in [2.45, 2.75) is 38.5 Å². The van der Waals surface area contributed by atoms with Gasteiger partial charge < -0.3 is 10.2 Å². The van der Waals surface area contributed by atoms with Crippen molar-refractivity contribution in [3.8, 4) is 0 Å². The maximum Gasteiger partial charge on any atom is 0.303 e. The zero-order chi connectivity index (χ0) is 11.4. The van der Waals surface area contributed by atoms with Gasteiger partial charge in [-0.3, -0.25) is 4.79 Å². The van der Waals surface area contributed by atoms with E-state index in [1.165, 1.54) is 0 Å². The Morgan fingerprint density at radius 2 is 1.67 bits per heavy atom. The van der Waals surface area contributed by atoms with E-state index in [9.17, 15) is 4.79 Å². The highest BCUT2D eigenvalue weighted by molar-refractivity contribution is 5.66. The molecule has 0 radical (unpaired) electrons. The minimum atomic E-state index is -0.717. The average Bonchev–Trinajstić information content (AvgIpc) is 2.20. The maximum absolute atomic E-state index is 10.2. The predicted molar refractivity (Wildman–Crippen MR) is 60.7 cm³/mol. The number of aliphatic hydroxyl groups is 1. The Balaban J connectivity index is 3.20. The predicted octanol–water partition coefficient (Wildman–Crippen LogP) is 2.52. The van der Waals surface area contributed by atoms with Gasteiger partial charge in [0.05, 0.1) is 0 Å². The Bertz CT molecular complexity index is 207. The smallest absolute Gasteiger partial charge is 0.303 e. The van der Waals surface area contributed by atoms with Gasteiger partial charge in [-0.05, 0) is 32.1 Å². The molecule has 0 fully saturated rings. The van der Waals surface area contributed by atoms with Crippen LogP contribution in [0.1, 0.15) is 38.5 Å². The third-order valence-corrected chi connectivity index (χ3v) is 1.91. The van der Waals surface area contributed by atoms with E-state index in [4.69, 9.17) is 10.2 Å². The lowest BCUT2D eigenvalue weighted by Crippen LogP contribution is -1.92. The highest BCUT2D eigenvalue weighted by Gasteiger charge is 1.93. The molecular formula is C12H20O3. The summed E-state index contributed by atoms with van der Waals surface area (Å²) >= 11 is 0. The third-order valence-electron chi connectivity index (χ3n) is 1.91. The summed E-state index contributed by atoms with van der Waals surface area (Å²) in [4.78, 5) is 10.2. The summed E-state index contributed by atoms with van der Waals surface area (Å²) in [5.74, 6) is -0.717. The average molecular weight is 212 g/mol. The van der Waals surface area contributed by atoms with Crippen LogP contribution in [-0.4, -0.2) is 22.8 Å². The van der Waals surface area contributed by atoms with Gasteiger partial charge in [0.1, 0.15) is 0 Å². The molecule has 0 amide bonds. The molecule has 0 aromatic carbocycles. The van der Waals surface area contributed by atoms with E-state index in [-0.39, 0.29) is 13.0 Å². The molecule has 0 rings (SSSR count). The van der Waals surface area contributed by atoms with Gasteiger partial charge >= 0.3 is 5.97 Å². The molecule has 0 unspecified atom stereocenters. The van der Waals surface area contributed by atoms with Gasteiger partial charge in [-0.1, -0.05) is 24.3 Å². The number of aliphatic carboxylic acids is 1. The molecule has 0 saturated heterocycles. The molecule has 0 aliphatic heterocycles. The first kappa shape index (κ1) is 13.9. The fourth-order valence-electron chi connectivity index (χ4n) is 1.12. The maximum atomic E-state index is 10.2. The van der Waals surface area contributed by atoms with Crippen LogP contribution in [0.25, 0.3) is 0 Å². The van der Waals surface area contributed by atoms with E-state index in [0.29, 0.717) is 6.42 Å². The fraction of sp³-hybridized carbons (Fsp3) is 0.583. The van der Waals surface area contributed by atoms with Crippen molar-refractivity contribution in [1.82, 2.24) is 0 Å².